The molecule has 0 unspecified atom stereocenters. The van der Waals surface area contributed by atoms with Crippen molar-refractivity contribution < 1.29 is 0 Å². The largest absolute Gasteiger partial charge is 0.371 e. The highest BCUT2D eigenvalue weighted by Crippen LogP contribution is 2.09. The minimum absolute atomic E-state index is 0.808. The van der Waals surface area contributed by atoms with E-state index in [1.165, 1.54) is 11.3 Å². The summed E-state index contributed by atoms with van der Waals surface area (Å²) >= 11 is 0. The number of rotatable bonds is 0. The van der Waals surface area contributed by atoms with Crippen LogP contribution in [0.5, 0.6) is 0 Å². The van der Waals surface area contributed by atoms with Crippen molar-refractivity contribution in [3.63, 3.8) is 0 Å². The molecule has 0 spiro atoms. The predicted molar refractivity (Wildman–Crippen MR) is 38.7 cm³/mol. The predicted octanol–water partition coefficient (Wildman–Crippen LogP) is 0.944. The molecular formula is C7H12N2. The summed E-state index contributed by atoms with van der Waals surface area (Å²) in [5.41, 5.74) is 3.48. The number of hydrogen-bond acceptors (Lipinski definition) is 2. The Bertz CT molecular complexity index is 168. The summed E-state index contributed by atoms with van der Waals surface area (Å²) < 4.78 is 0. The maximum atomic E-state index is 3.84. The first-order chi connectivity index (χ1) is 4.22. The molecule has 0 amide bonds. The zero-order valence-electron chi connectivity index (χ0n) is 5.91. The molecular weight excluding hydrogens is 112 g/mol. The van der Waals surface area contributed by atoms with Gasteiger partial charge in [-0.1, -0.05) is 6.58 Å². The van der Waals surface area contributed by atoms with E-state index in [4.69, 9.17) is 0 Å². The maximum absolute atomic E-state index is 3.84. The Hall–Kier alpha value is -0.920. The van der Waals surface area contributed by atoms with Crippen LogP contribution in [0.15, 0.2) is 23.5 Å². The Morgan fingerprint density at radius 2 is 2.00 bits per heavy atom. The molecule has 9 heavy (non-hydrogen) atoms. The normalized spacial score (nSPS) is 19.1. The van der Waals surface area contributed by atoms with Gasteiger partial charge in [0.05, 0.1) is 6.67 Å². The second kappa shape index (κ2) is 2.13. The van der Waals surface area contributed by atoms with E-state index in [1.54, 1.807) is 0 Å². The minimum Gasteiger partial charge on any atom is -0.371 e. The zero-order valence-corrected chi connectivity index (χ0v) is 5.91. The third kappa shape index (κ3) is 1.07. The van der Waals surface area contributed by atoms with Crippen molar-refractivity contribution in [2.45, 2.75) is 13.8 Å². The highest BCUT2D eigenvalue weighted by molar-refractivity contribution is 5.30. The summed E-state index contributed by atoms with van der Waals surface area (Å²) in [4.78, 5) is 0. The molecule has 0 aromatic rings. The van der Waals surface area contributed by atoms with E-state index in [0.717, 1.165) is 12.4 Å². The Kier molecular flexibility index (Phi) is 1.47. The van der Waals surface area contributed by atoms with Crippen molar-refractivity contribution in [1.82, 2.24) is 10.6 Å². The van der Waals surface area contributed by atoms with Crippen molar-refractivity contribution in [2.24, 2.45) is 0 Å². The summed E-state index contributed by atoms with van der Waals surface area (Å²) in [5, 5.41) is 6.27. The van der Waals surface area contributed by atoms with Crippen LogP contribution in [0, 0.1) is 0 Å². The Morgan fingerprint density at radius 1 is 1.33 bits per heavy atom. The van der Waals surface area contributed by atoms with Crippen LogP contribution in [-0.2, 0) is 0 Å². The minimum atomic E-state index is 0.808. The fourth-order valence-electron chi connectivity index (χ4n) is 0.775. The molecule has 2 heteroatoms. The molecule has 1 rings (SSSR count). The van der Waals surface area contributed by atoms with E-state index in [-0.39, 0.29) is 0 Å². The zero-order chi connectivity index (χ0) is 6.85. The number of hydrogen-bond donors (Lipinski definition) is 2. The van der Waals surface area contributed by atoms with Gasteiger partial charge in [-0.2, -0.15) is 0 Å². The van der Waals surface area contributed by atoms with Crippen LogP contribution < -0.4 is 10.6 Å². The first-order valence-electron chi connectivity index (χ1n) is 3.06. The van der Waals surface area contributed by atoms with Crippen LogP contribution >= 0.6 is 0 Å². The fourth-order valence-corrected chi connectivity index (χ4v) is 0.775. The molecule has 0 saturated carbocycles. The van der Waals surface area contributed by atoms with Gasteiger partial charge >= 0.3 is 0 Å². The number of allylic oxidation sites excluding steroid dienone is 2. The molecule has 1 aliphatic heterocycles. The van der Waals surface area contributed by atoms with Gasteiger partial charge in [0.25, 0.3) is 0 Å². The topological polar surface area (TPSA) is 24.1 Å². The van der Waals surface area contributed by atoms with Crippen LogP contribution in [0.4, 0.5) is 0 Å². The molecule has 1 heterocycles. The van der Waals surface area contributed by atoms with Crippen LogP contribution in [0.2, 0.25) is 0 Å². The molecule has 2 nitrogen and oxygen atoms in total. The van der Waals surface area contributed by atoms with E-state index in [2.05, 4.69) is 31.1 Å². The molecule has 0 atom stereocenters. The van der Waals surface area contributed by atoms with Crippen molar-refractivity contribution in [3.8, 4) is 0 Å². The van der Waals surface area contributed by atoms with Crippen molar-refractivity contribution in [3.05, 3.63) is 23.5 Å². The third-order valence-corrected chi connectivity index (χ3v) is 1.67. The van der Waals surface area contributed by atoms with Gasteiger partial charge in [0, 0.05) is 11.4 Å². The van der Waals surface area contributed by atoms with Gasteiger partial charge in [-0.25, -0.2) is 0 Å². The highest BCUT2D eigenvalue weighted by Gasteiger charge is 2.04. The lowest BCUT2D eigenvalue weighted by atomic mass is 10.1. The molecule has 0 radical (unpaired) electrons. The monoisotopic (exact) mass is 124 g/mol. The lowest BCUT2D eigenvalue weighted by molar-refractivity contribution is 0.671. The summed E-state index contributed by atoms with van der Waals surface area (Å²) in [6.07, 6.45) is 0. The second-order valence-corrected chi connectivity index (χ2v) is 2.26. The molecule has 1 aliphatic rings. The molecule has 0 aromatic heterocycles. The Morgan fingerprint density at radius 3 is 2.44 bits per heavy atom. The lowest BCUT2D eigenvalue weighted by Gasteiger charge is -2.20. The molecule has 0 aliphatic carbocycles. The molecule has 0 fully saturated rings. The maximum Gasteiger partial charge on any atom is 0.0846 e. The van der Waals surface area contributed by atoms with Gasteiger partial charge in [0.2, 0.25) is 0 Å². The van der Waals surface area contributed by atoms with Crippen LogP contribution in [0.1, 0.15) is 13.8 Å². The van der Waals surface area contributed by atoms with Crippen molar-refractivity contribution in [1.29, 1.82) is 0 Å². The summed E-state index contributed by atoms with van der Waals surface area (Å²) in [5.74, 6) is 0. The first kappa shape index (κ1) is 6.20. The summed E-state index contributed by atoms with van der Waals surface area (Å²) in [7, 11) is 0. The second-order valence-electron chi connectivity index (χ2n) is 2.26. The van der Waals surface area contributed by atoms with Gasteiger partial charge in [-0.3, -0.25) is 0 Å². The quantitative estimate of drug-likeness (QED) is 0.502. The van der Waals surface area contributed by atoms with Gasteiger partial charge < -0.3 is 10.6 Å². The van der Waals surface area contributed by atoms with Gasteiger partial charge in [0.15, 0.2) is 0 Å². The molecule has 50 valence electrons. The smallest absolute Gasteiger partial charge is 0.0846 e. The van der Waals surface area contributed by atoms with Crippen molar-refractivity contribution in [2.75, 3.05) is 6.67 Å². The van der Waals surface area contributed by atoms with Crippen LogP contribution in [0.3, 0.4) is 0 Å². The average molecular weight is 124 g/mol. The van der Waals surface area contributed by atoms with Crippen molar-refractivity contribution >= 4 is 0 Å². The van der Waals surface area contributed by atoms with Gasteiger partial charge in [0.1, 0.15) is 0 Å². The Balaban J connectivity index is 2.84. The SMILES string of the molecule is C=C1NCNC(C)=C1C. The Labute approximate surface area is 55.6 Å². The van der Waals surface area contributed by atoms with E-state index in [0.29, 0.717) is 0 Å². The standard InChI is InChI=1S/C7H12N2/c1-5-6(2)8-4-9-7(5)3/h8-9H,2,4H2,1,3H3. The first-order valence-corrected chi connectivity index (χ1v) is 3.06. The molecule has 2 N–H and O–H groups in total. The van der Waals surface area contributed by atoms with Crippen LogP contribution in [-0.4, -0.2) is 6.67 Å². The van der Waals surface area contributed by atoms with E-state index in [9.17, 15) is 0 Å². The fraction of sp³-hybridized carbons (Fsp3) is 0.429. The third-order valence-electron chi connectivity index (χ3n) is 1.67. The molecule has 0 aromatic carbocycles. The van der Waals surface area contributed by atoms with E-state index < -0.39 is 0 Å². The van der Waals surface area contributed by atoms with E-state index in [1.807, 2.05) is 0 Å². The lowest BCUT2D eigenvalue weighted by Crippen LogP contribution is -2.33. The van der Waals surface area contributed by atoms with Gasteiger partial charge in [-0.15, -0.1) is 0 Å². The summed E-state index contributed by atoms with van der Waals surface area (Å²) in [6, 6.07) is 0. The highest BCUT2D eigenvalue weighted by atomic mass is 15.1. The van der Waals surface area contributed by atoms with E-state index >= 15 is 0 Å². The van der Waals surface area contributed by atoms with Gasteiger partial charge in [-0.05, 0) is 19.4 Å². The molecule has 0 saturated heterocycles. The number of nitrogens with one attached hydrogen (secondary N) is 2. The van der Waals surface area contributed by atoms with Crippen LogP contribution in [0.25, 0.3) is 0 Å². The summed E-state index contributed by atoms with van der Waals surface area (Å²) in [6.45, 7) is 8.75. The molecule has 0 bridgehead atoms. The average Bonchev–Trinajstić information content (AvgIpc) is 1.83.